The van der Waals surface area contributed by atoms with E-state index in [0.717, 1.165) is 73.6 Å². The Balaban J connectivity index is 1.20. The molecule has 0 amide bonds. The molecular weight excluding hydrogens is 809 g/mol. The normalized spacial score (nSPS) is 19.2. The molecule has 1 N–H and O–H groups in total. The lowest BCUT2D eigenvalue weighted by molar-refractivity contribution is 0.00589. The summed E-state index contributed by atoms with van der Waals surface area (Å²) in [6.45, 7) is 17.0. The molecule has 0 unspecified atom stereocenters. The third-order valence-corrected chi connectivity index (χ3v) is 14.3. The minimum absolute atomic E-state index is 0.233. The van der Waals surface area contributed by atoms with Gasteiger partial charge in [-0.25, -0.2) is 14.4 Å². The van der Waals surface area contributed by atoms with Gasteiger partial charge in [0.05, 0.1) is 0 Å². The Morgan fingerprint density at radius 3 is 0.922 bits per heavy atom. The summed E-state index contributed by atoms with van der Waals surface area (Å²) in [5, 5.41) is 10.2. The van der Waals surface area contributed by atoms with E-state index in [0.29, 0.717) is 48.3 Å². The summed E-state index contributed by atoms with van der Waals surface area (Å²) in [5.41, 5.74) is 2.10. The van der Waals surface area contributed by atoms with Crippen LogP contribution in [0.1, 0.15) is 155 Å². The van der Waals surface area contributed by atoms with Crippen LogP contribution in [0.3, 0.4) is 0 Å². The van der Waals surface area contributed by atoms with Gasteiger partial charge in [-0.05, 0) is 195 Å². The van der Waals surface area contributed by atoms with Gasteiger partial charge in [0.2, 0.25) is 0 Å². The molecule has 2 aliphatic rings. The Hall–Kier alpha value is -5.51. The van der Waals surface area contributed by atoms with Gasteiger partial charge in [0.1, 0.15) is 39.8 Å². The average molecular weight is 877 g/mol. The first-order valence-electron chi connectivity index (χ1n) is 23.1. The summed E-state index contributed by atoms with van der Waals surface area (Å²) in [7, 11) is 0. The summed E-state index contributed by atoms with van der Waals surface area (Å²) >= 11 is 0. The number of hydrogen-bond donors (Lipinski definition) is 1. The predicted octanol–water partition coefficient (Wildman–Crippen LogP) is 14.2. The maximum Gasteiger partial charge on any atom is 0.514 e. The Bertz CT molecular complexity index is 2090. The van der Waals surface area contributed by atoms with E-state index < -0.39 is 35.3 Å². The molecule has 2 saturated carbocycles. The molecule has 4 aromatic rings. The summed E-state index contributed by atoms with van der Waals surface area (Å²) in [6.07, 6.45) is 7.67. The van der Waals surface area contributed by atoms with Crippen molar-refractivity contribution in [3.63, 3.8) is 0 Å². The molecule has 0 bridgehead atoms. The van der Waals surface area contributed by atoms with Crippen LogP contribution in [0.2, 0.25) is 0 Å². The van der Waals surface area contributed by atoms with Gasteiger partial charge in [0.15, 0.2) is 0 Å². The van der Waals surface area contributed by atoms with Crippen LogP contribution in [-0.4, -0.2) is 40.4 Å². The summed E-state index contributed by atoms with van der Waals surface area (Å²) in [4.78, 5) is 37.8. The van der Waals surface area contributed by atoms with Crippen LogP contribution in [0, 0.1) is 11.8 Å². The minimum atomic E-state index is -0.729. The zero-order valence-electron chi connectivity index (χ0n) is 39.3. The smallest absolute Gasteiger partial charge is 0.508 e. The van der Waals surface area contributed by atoms with Crippen LogP contribution in [0.5, 0.6) is 23.0 Å². The second kappa shape index (κ2) is 19.7. The monoisotopic (exact) mass is 876 g/mol. The zero-order valence-corrected chi connectivity index (χ0v) is 39.3. The number of hydrogen-bond acceptors (Lipinski definition) is 10. The van der Waals surface area contributed by atoms with Crippen LogP contribution < -0.4 is 14.2 Å². The number of carbonyl (C=O) groups is 3. The molecule has 4 aromatic carbocycles. The van der Waals surface area contributed by atoms with Crippen molar-refractivity contribution in [1.29, 1.82) is 0 Å². The molecular formula is C54H68O10. The van der Waals surface area contributed by atoms with Crippen LogP contribution in [0.25, 0.3) is 0 Å². The zero-order chi connectivity index (χ0) is 46.3. The lowest BCUT2D eigenvalue weighted by atomic mass is 9.57. The van der Waals surface area contributed by atoms with E-state index in [9.17, 15) is 19.5 Å². The number of phenolic OH excluding ortho intramolecular Hbond substituents is 1. The minimum Gasteiger partial charge on any atom is -0.508 e. The van der Waals surface area contributed by atoms with Crippen molar-refractivity contribution < 1.29 is 47.9 Å². The van der Waals surface area contributed by atoms with E-state index in [2.05, 4.69) is 36.4 Å². The molecule has 0 heterocycles. The predicted molar refractivity (Wildman–Crippen MR) is 247 cm³/mol. The van der Waals surface area contributed by atoms with Gasteiger partial charge in [-0.1, -0.05) is 69.3 Å². The van der Waals surface area contributed by atoms with Gasteiger partial charge in [-0.3, -0.25) is 0 Å². The van der Waals surface area contributed by atoms with Crippen molar-refractivity contribution >= 4 is 18.5 Å². The van der Waals surface area contributed by atoms with E-state index in [-0.39, 0.29) is 16.6 Å². The van der Waals surface area contributed by atoms with Crippen LogP contribution in [0.4, 0.5) is 14.4 Å². The van der Waals surface area contributed by atoms with Crippen LogP contribution in [-0.2, 0) is 25.0 Å². The standard InChI is InChI=1S/C54H68O10/c1-10-50(4,5)62-47(56)59-44-23-15-40(16-24-44)53(39-13-21-43(55)22-14-39)33-29-37(30-34-53)38-31-35-54(36-32-38,41-17-25-45(26-18-41)60-48(57)63-51(6,7)11-2)42-19-27-46(28-20-42)61-49(58)64-52(8,9)12-3/h13-28,37-38,55H,10-12,29-36H2,1-9H3. The molecule has 10 heteroatoms. The molecule has 0 atom stereocenters. The number of benzene rings is 4. The summed E-state index contributed by atoms with van der Waals surface area (Å²) in [6, 6.07) is 31.0. The third kappa shape index (κ3) is 11.6. The highest BCUT2D eigenvalue weighted by Gasteiger charge is 2.44. The first-order valence-corrected chi connectivity index (χ1v) is 23.1. The lowest BCUT2D eigenvalue weighted by Gasteiger charge is -2.47. The number of phenols is 1. The maximum atomic E-state index is 12.6. The molecule has 0 radical (unpaired) electrons. The maximum absolute atomic E-state index is 12.6. The first kappa shape index (κ1) is 48.0. The molecule has 2 fully saturated rings. The van der Waals surface area contributed by atoms with Crippen molar-refractivity contribution in [2.45, 2.75) is 161 Å². The molecule has 6 rings (SSSR count). The number of ether oxygens (including phenoxy) is 6. The van der Waals surface area contributed by atoms with E-state index >= 15 is 0 Å². The molecule has 0 aromatic heterocycles. The van der Waals surface area contributed by atoms with Gasteiger partial charge in [-0.15, -0.1) is 0 Å². The van der Waals surface area contributed by atoms with Crippen molar-refractivity contribution in [3.05, 3.63) is 119 Å². The Morgan fingerprint density at radius 1 is 0.453 bits per heavy atom. The number of rotatable bonds is 14. The van der Waals surface area contributed by atoms with Crippen molar-refractivity contribution in [2.24, 2.45) is 11.8 Å². The third-order valence-electron chi connectivity index (χ3n) is 14.3. The quantitative estimate of drug-likeness (QED) is 0.0743. The van der Waals surface area contributed by atoms with Crippen molar-refractivity contribution in [1.82, 2.24) is 0 Å². The molecule has 2 aliphatic carbocycles. The fraction of sp³-hybridized carbons (Fsp3) is 0.500. The van der Waals surface area contributed by atoms with Gasteiger partial charge in [-0.2, -0.15) is 0 Å². The number of carbonyl (C=O) groups excluding carboxylic acids is 3. The van der Waals surface area contributed by atoms with Crippen LogP contribution >= 0.6 is 0 Å². The average Bonchev–Trinajstić information content (AvgIpc) is 3.27. The largest absolute Gasteiger partial charge is 0.514 e. The summed E-state index contributed by atoms with van der Waals surface area (Å²) < 4.78 is 33.3. The van der Waals surface area contributed by atoms with Gasteiger partial charge < -0.3 is 33.5 Å². The Kier molecular flexibility index (Phi) is 14.8. The van der Waals surface area contributed by atoms with Crippen LogP contribution in [0.15, 0.2) is 97.1 Å². The number of aromatic hydroxyl groups is 1. The highest BCUT2D eigenvalue weighted by atomic mass is 16.7. The Morgan fingerprint density at radius 2 is 0.688 bits per heavy atom. The summed E-state index contributed by atoms with van der Waals surface area (Å²) in [5.74, 6) is 2.56. The fourth-order valence-corrected chi connectivity index (χ4v) is 9.25. The Labute approximate surface area is 379 Å². The van der Waals surface area contributed by atoms with Gasteiger partial charge in [0, 0.05) is 10.8 Å². The second-order valence-electron chi connectivity index (χ2n) is 19.7. The van der Waals surface area contributed by atoms with Crippen molar-refractivity contribution in [3.8, 4) is 23.0 Å². The van der Waals surface area contributed by atoms with E-state index in [1.165, 1.54) is 0 Å². The van der Waals surface area contributed by atoms with E-state index in [1.807, 2.05) is 111 Å². The van der Waals surface area contributed by atoms with Gasteiger partial charge >= 0.3 is 18.5 Å². The SMILES string of the molecule is CCC(C)(C)OC(=O)Oc1ccc(C2(c3ccc(O)cc3)CCC(C3CCC(c4ccc(OC(=O)OC(C)(C)CC)cc4)(c4ccc(OC(=O)OC(C)(C)CC)cc4)CC3)CC2)cc1. The molecule has 64 heavy (non-hydrogen) atoms. The molecule has 10 nitrogen and oxygen atoms in total. The second-order valence-corrected chi connectivity index (χ2v) is 19.7. The van der Waals surface area contributed by atoms with Gasteiger partial charge in [0.25, 0.3) is 0 Å². The molecule has 0 spiro atoms. The van der Waals surface area contributed by atoms with E-state index in [4.69, 9.17) is 28.4 Å². The molecule has 0 saturated heterocycles. The molecule has 344 valence electrons. The highest BCUT2D eigenvalue weighted by Crippen LogP contribution is 2.54. The first-order chi connectivity index (χ1) is 30.3. The molecule has 0 aliphatic heterocycles. The van der Waals surface area contributed by atoms with E-state index in [1.54, 1.807) is 12.1 Å². The lowest BCUT2D eigenvalue weighted by Crippen LogP contribution is -2.38. The van der Waals surface area contributed by atoms with Crippen molar-refractivity contribution in [2.75, 3.05) is 0 Å². The fourth-order valence-electron chi connectivity index (χ4n) is 9.25. The topological polar surface area (TPSA) is 127 Å². The highest BCUT2D eigenvalue weighted by molar-refractivity contribution is 5.66.